The van der Waals surface area contributed by atoms with Crippen molar-refractivity contribution in [3.8, 4) is 0 Å². The molecule has 0 saturated heterocycles. The summed E-state index contributed by atoms with van der Waals surface area (Å²) in [5, 5.41) is 27.3. The Balaban J connectivity index is 2.77. The maximum absolute atomic E-state index is 10.5. The Hall–Kier alpha value is -1.39. The SMILES string of the molecule is CCCc1ccc(C(O)C(O)C(=O)O)cc1. The van der Waals surface area contributed by atoms with Gasteiger partial charge >= 0.3 is 5.97 Å². The van der Waals surface area contributed by atoms with Gasteiger partial charge in [0.1, 0.15) is 6.10 Å². The van der Waals surface area contributed by atoms with Crippen LogP contribution in [-0.2, 0) is 11.2 Å². The molecule has 1 aromatic carbocycles. The fourth-order valence-corrected chi connectivity index (χ4v) is 1.49. The van der Waals surface area contributed by atoms with E-state index in [-0.39, 0.29) is 0 Å². The van der Waals surface area contributed by atoms with E-state index in [0.717, 1.165) is 18.4 Å². The van der Waals surface area contributed by atoms with Gasteiger partial charge in [-0.15, -0.1) is 0 Å². The minimum absolute atomic E-state index is 0.412. The molecule has 0 aliphatic carbocycles. The molecule has 1 rings (SSSR count). The van der Waals surface area contributed by atoms with E-state index in [9.17, 15) is 15.0 Å². The number of aryl methyl sites for hydroxylation is 1. The van der Waals surface area contributed by atoms with E-state index in [4.69, 9.17) is 5.11 Å². The van der Waals surface area contributed by atoms with Gasteiger partial charge in [0.15, 0.2) is 6.10 Å². The summed E-state index contributed by atoms with van der Waals surface area (Å²) in [6.07, 6.45) is -1.19. The van der Waals surface area contributed by atoms with Crippen molar-refractivity contribution in [2.45, 2.75) is 32.0 Å². The first kappa shape index (κ1) is 12.7. The van der Waals surface area contributed by atoms with Crippen LogP contribution in [0.5, 0.6) is 0 Å². The Kier molecular flexibility index (Phi) is 4.46. The van der Waals surface area contributed by atoms with Crippen LogP contribution >= 0.6 is 0 Å². The Bertz CT molecular complexity index is 345. The number of rotatable bonds is 5. The number of benzene rings is 1. The van der Waals surface area contributed by atoms with Crippen molar-refractivity contribution in [3.05, 3.63) is 35.4 Å². The van der Waals surface area contributed by atoms with Gasteiger partial charge in [0, 0.05) is 0 Å². The zero-order valence-electron chi connectivity index (χ0n) is 9.13. The lowest BCUT2D eigenvalue weighted by molar-refractivity contribution is -0.153. The summed E-state index contributed by atoms with van der Waals surface area (Å²) in [5.74, 6) is -1.43. The lowest BCUT2D eigenvalue weighted by Crippen LogP contribution is -2.27. The van der Waals surface area contributed by atoms with Gasteiger partial charge in [-0.2, -0.15) is 0 Å². The summed E-state index contributed by atoms with van der Waals surface area (Å²) >= 11 is 0. The second-order valence-electron chi connectivity index (χ2n) is 3.72. The number of carboxylic acid groups (broad SMARTS) is 1. The van der Waals surface area contributed by atoms with Gasteiger partial charge < -0.3 is 15.3 Å². The second kappa shape index (κ2) is 5.63. The highest BCUT2D eigenvalue weighted by molar-refractivity contribution is 5.73. The topological polar surface area (TPSA) is 77.8 Å². The molecule has 3 N–H and O–H groups in total. The zero-order chi connectivity index (χ0) is 12.1. The lowest BCUT2D eigenvalue weighted by atomic mass is 10.0. The van der Waals surface area contributed by atoms with Gasteiger partial charge in [-0.3, -0.25) is 0 Å². The zero-order valence-corrected chi connectivity index (χ0v) is 9.13. The lowest BCUT2D eigenvalue weighted by Gasteiger charge is -2.14. The molecule has 1 aromatic rings. The van der Waals surface area contributed by atoms with Crippen molar-refractivity contribution in [1.29, 1.82) is 0 Å². The summed E-state index contributed by atoms with van der Waals surface area (Å²) in [6.45, 7) is 2.07. The van der Waals surface area contributed by atoms with E-state index in [1.165, 1.54) is 0 Å². The molecule has 0 aliphatic heterocycles. The van der Waals surface area contributed by atoms with Crippen molar-refractivity contribution in [2.24, 2.45) is 0 Å². The number of carbonyl (C=O) groups is 1. The third-order valence-corrected chi connectivity index (χ3v) is 2.41. The molecule has 0 heterocycles. The average Bonchev–Trinajstić information content (AvgIpc) is 2.28. The van der Waals surface area contributed by atoms with E-state index >= 15 is 0 Å². The van der Waals surface area contributed by atoms with Crippen LogP contribution in [0.15, 0.2) is 24.3 Å². The maximum Gasteiger partial charge on any atom is 0.335 e. The van der Waals surface area contributed by atoms with Crippen LogP contribution < -0.4 is 0 Å². The number of aliphatic hydroxyl groups excluding tert-OH is 2. The van der Waals surface area contributed by atoms with Gasteiger partial charge in [-0.1, -0.05) is 37.6 Å². The number of aliphatic carboxylic acids is 1. The smallest absolute Gasteiger partial charge is 0.335 e. The minimum Gasteiger partial charge on any atom is -0.479 e. The summed E-state index contributed by atoms with van der Waals surface area (Å²) in [7, 11) is 0. The minimum atomic E-state index is -1.78. The summed E-state index contributed by atoms with van der Waals surface area (Å²) in [5.41, 5.74) is 1.54. The van der Waals surface area contributed by atoms with Crippen LogP contribution in [0.25, 0.3) is 0 Å². The number of hydrogen-bond acceptors (Lipinski definition) is 3. The fraction of sp³-hybridized carbons (Fsp3) is 0.417. The molecule has 16 heavy (non-hydrogen) atoms. The second-order valence-corrected chi connectivity index (χ2v) is 3.72. The van der Waals surface area contributed by atoms with Crippen molar-refractivity contribution < 1.29 is 20.1 Å². The normalized spacial score (nSPS) is 14.4. The van der Waals surface area contributed by atoms with Crippen molar-refractivity contribution in [2.75, 3.05) is 0 Å². The quantitative estimate of drug-likeness (QED) is 0.700. The molecule has 0 spiro atoms. The van der Waals surface area contributed by atoms with E-state index < -0.39 is 18.2 Å². The number of carboxylic acids is 1. The van der Waals surface area contributed by atoms with Gasteiger partial charge in [0.25, 0.3) is 0 Å². The van der Waals surface area contributed by atoms with Crippen LogP contribution in [0.3, 0.4) is 0 Å². The molecule has 0 saturated carbocycles. The Labute approximate surface area is 94.2 Å². The van der Waals surface area contributed by atoms with E-state index in [0.29, 0.717) is 5.56 Å². The third-order valence-electron chi connectivity index (χ3n) is 2.41. The molecular formula is C12H16O4. The van der Waals surface area contributed by atoms with Crippen LogP contribution in [0, 0.1) is 0 Å². The van der Waals surface area contributed by atoms with Crippen molar-refractivity contribution >= 4 is 5.97 Å². The highest BCUT2D eigenvalue weighted by Crippen LogP contribution is 2.18. The fourth-order valence-electron chi connectivity index (χ4n) is 1.49. The Morgan fingerprint density at radius 3 is 2.25 bits per heavy atom. The maximum atomic E-state index is 10.5. The summed E-state index contributed by atoms with van der Waals surface area (Å²) in [4.78, 5) is 10.5. The van der Waals surface area contributed by atoms with Gasteiger partial charge in [-0.25, -0.2) is 4.79 Å². The first-order valence-corrected chi connectivity index (χ1v) is 5.24. The third kappa shape index (κ3) is 3.05. The standard InChI is InChI=1S/C12H16O4/c1-2-3-8-4-6-9(7-5-8)10(13)11(14)12(15)16/h4-7,10-11,13-14H,2-3H2,1H3,(H,15,16). The molecule has 0 radical (unpaired) electrons. The molecule has 0 aliphatic rings. The molecule has 2 unspecified atom stereocenters. The van der Waals surface area contributed by atoms with E-state index in [2.05, 4.69) is 6.92 Å². The molecule has 4 heteroatoms. The molecule has 0 aromatic heterocycles. The number of hydrogen-bond donors (Lipinski definition) is 3. The molecule has 0 amide bonds. The molecule has 0 bridgehead atoms. The molecule has 88 valence electrons. The largest absolute Gasteiger partial charge is 0.479 e. The molecular weight excluding hydrogens is 208 g/mol. The van der Waals surface area contributed by atoms with Crippen LogP contribution in [0.2, 0.25) is 0 Å². The van der Waals surface area contributed by atoms with Crippen LogP contribution in [0.1, 0.15) is 30.6 Å². The predicted molar refractivity (Wildman–Crippen MR) is 59.0 cm³/mol. The predicted octanol–water partition coefficient (Wildman–Crippen LogP) is 1.12. The average molecular weight is 224 g/mol. The van der Waals surface area contributed by atoms with E-state index in [1.54, 1.807) is 12.1 Å². The Morgan fingerprint density at radius 1 is 1.25 bits per heavy atom. The van der Waals surface area contributed by atoms with Crippen molar-refractivity contribution in [1.82, 2.24) is 0 Å². The van der Waals surface area contributed by atoms with Gasteiger partial charge in [0.2, 0.25) is 0 Å². The monoisotopic (exact) mass is 224 g/mol. The number of aliphatic hydroxyl groups is 2. The highest BCUT2D eigenvalue weighted by atomic mass is 16.4. The van der Waals surface area contributed by atoms with Crippen molar-refractivity contribution in [3.63, 3.8) is 0 Å². The van der Waals surface area contributed by atoms with Gasteiger partial charge in [-0.05, 0) is 17.5 Å². The Morgan fingerprint density at radius 2 is 1.81 bits per heavy atom. The highest BCUT2D eigenvalue weighted by Gasteiger charge is 2.24. The summed E-state index contributed by atoms with van der Waals surface area (Å²) in [6, 6.07) is 6.94. The molecule has 0 fully saturated rings. The first-order valence-electron chi connectivity index (χ1n) is 5.24. The van der Waals surface area contributed by atoms with Crippen LogP contribution in [0.4, 0.5) is 0 Å². The van der Waals surface area contributed by atoms with Crippen LogP contribution in [-0.4, -0.2) is 27.4 Å². The van der Waals surface area contributed by atoms with E-state index in [1.807, 2.05) is 12.1 Å². The first-order chi connectivity index (χ1) is 7.56. The van der Waals surface area contributed by atoms with Gasteiger partial charge in [0.05, 0.1) is 0 Å². The molecule has 2 atom stereocenters. The summed E-state index contributed by atoms with van der Waals surface area (Å²) < 4.78 is 0. The molecule has 4 nitrogen and oxygen atoms in total.